The molecule has 0 spiro atoms. The quantitative estimate of drug-likeness (QED) is 0.692. The lowest BCUT2D eigenvalue weighted by Crippen LogP contribution is -1.99. The summed E-state index contributed by atoms with van der Waals surface area (Å²) in [4.78, 5) is 14.2. The Kier molecular flexibility index (Phi) is 5.42. The molecule has 0 saturated carbocycles. The van der Waals surface area contributed by atoms with Gasteiger partial charge in [-0.3, -0.25) is 4.79 Å². The number of hydrogen-bond acceptors (Lipinski definition) is 2. The summed E-state index contributed by atoms with van der Waals surface area (Å²) in [6.45, 7) is 5.95. The Morgan fingerprint density at radius 3 is 2.85 bits per heavy atom. The van der Waals surface area contributed by atoms with Gasteiger partial charge in [-0.25, -0.2) is 0 Å². The van der Waals surface area contributed by atoms with Gasteiger partial charge in [0, 0.05) is 21.8 Å². The zero-order valence-corrected chi connectivity index (χ0v) is 12.7. The molecule has 0 bridgehead atoms. The van der Waals surface area contributed by atoms with Crippen molar-refractivity contribution < 1.29 is 4.79 Å². The van der Waals surface area contributed by atoms with Gasteiger partial charge in [-0.05, 0) is 44.4 Å². The highest BCUT2D eigenvalue weighted by Gasteiger charge is 2.06. The average molecular weight is 284 g/mol. The number of aryl methyl sites for hydroxylation is 1. The fourth-order valence-electron chi connectivity index (χ4n) is 2.07. The molecule has 0 atom stereocenters. The second kappa shape index (κ2) is 7.30. The van der Waals surface area contributed by atoms with Crippen LogP contribution in [0.1, 0.15) is 31.2 Å². The Balaban J connectivity index is 2.15. The van der Waals surface area contributed by atoms with Gasteiger partial charge in [0.25, 0.3) is 0 Å². The smallest absolute Gasteiger partial charge is 0.162 e. The molecule has 2 rings (SSSR count). The van der Waals surface area contributed by atoms with Crippen LogP contribution in [0, 0.1) is 6.92 Å². The molecule has 2 heteroatoms. The van der Waals surface area contributed by atoms with Gasteiger partial charge in [-0.15, -0.1) is 0 Å². The maximum absolute atomic E-state index is 11.8. The molecule has 1 aromatic rings. The van der Waals surface area contributed by atoms with E-state index < -0.39 is 0 Å². The molecule has 20 heavy (non-hydrogen) atoms. The van der Waals surface area contributed by atoms with Gasteiger partial charge in [0.1, 0.15) is 0 Å². The minimum Gasteiger partial charge on any atom is -0.294 e. The van der Waals surface area contributed by atoms with Crippen LogP contribution in [0.4, 0.5) is 0 Å². The van der Waals surface area contributed by atoms with Gasteiger partial charge < -0.3 is 0 Å². The Morgan fingerprint density at radius 1 is 1.20 bits per heavy atom. The van der Waals surface area contributed by atoms with Crippen molar-refractivity contribution in [3.8, 4) is 0 Å². The number of carbonyl (C=O) groups is 1. The van der Waals surface area contributed by atoms with Crippen molar-refractivity contribution in [3.63, 3.8) is 0 Å². The molecular weight excluding hydrogens is 264 g/mol. The third kappa shape index (κ3) is 4.53. The second-order valence-electron chi connectivity index (χ2n) is 5.05. The number of rotatable bonds is 2. The van der Waals surface area contributed by atoms with Crippen LogP contribution in [-0.2, 0) is 4.79 Å². The van der Waals surface area contributed by atoms with Gasteiger partial charge in [0.15, 0.2) is 5.78 Å². The SMILES string of the molecule is C=C1/C=C\C(Sc2cccc(C)c2)=C/CCCCC1=O. The predicted octanol–water partition coefficient (Wildman–Crippen LogP) is 5.23. The summed E-state index contributed by atoms with van der Waals surface area (Å²) in [5, 5.41) is 0. The molecule has 0 amide bonds. The number of carbonyl (C=O) groups excluding carboxylic acids is 1. The van der Waals surface area contributed by atoms with Crippen molar-refractivity contribution in [3.05, 3.63) is 65.1 Å². The van der Waals surface area contributed by atoms with E-state index in [0.29, 0.717) is 12.0 Å². The van der Waals surface area contributed by atoms with Crippen molar-refractivity contribution >= 4 is 17.5 Å². The first kappa shape index (κ1) is 14.9. The van der Waals surface area contributed by atoms with E-state index in [1.807, 2.05) is 12.2 Å². The predicted molar refractivity (Wildman–Crippen MR) is 86.9 cm³/mol. The van der Waals surface area contributed by atoms with Crippen LogP contribution in [0.3, 0.4) is 0 Å². The summed E-state index contributed by atoms with van der Waals surface area (Å²) in [5.74, 6) is 0.169. The van der Waals surface area contributed by atoms with Gasteiger partial charge in [0.05, 0.1) is 0 Å². The second-order valence-corrected chi connectivity index (χ2v) is 6.20. The maximum atomic E-state index is 11.8. The van der Waals surface area contributed by atoms with E-state index >= 15 is 0 Å². The molecule has 0 aliphatic heterocycles. The fraction of sp³-hybridized carbons (Fsp3) is 0.278. The van der Waals surface area contributed by atoms with E-state index in [4.69, 9.17) is 0 Å². The highest BCUT2D eigenvalue weighted by molar-refractivity contribution is 8.03. The van der Waals surface area contributed by atoms with E-state index in [9.17, 15) is 4.79 Å². The first-order valence-corrected chi connectivity index (χ1v) is 7.81. The van der Waals surface area contributed by atoms with Crippen molar-refractivity contribution in [1.82, 2.24) is 0 Å². The summed E-state index contributed by atoms with van der Waals surface area (Å²) < 4.78 is 0. The van der Waals surface area contributed by atoms with Crippen molar-refractivity contribution in [2.24, 2.45) is 0 Å². The molecule has 0 aromatic heterocycles. The zero-order chi connectivity index (χ0) is 14.4. The average Bonchev–Trinajstić information content (AvgIpc) is 2.43. The lowest BCUT2D eigenvalue weighted by molar-refractivity contribution is -0.115. The Labute approximate surface area is 125 Å². The summed E-state index contributed by atoms with van der Waals surface area (Å²) in [6.07, 6.45) is 9.78. The van der Waals surface area contributed by atoms with Crippen LogP contribution >= 0.6 is 11.8 Å². The first-order chi connectivity index (χ1) is 9.65. The molecular formula is C18H20OS. The highest BCUT2D eigenvalue weighted by Crippen LogP contribution is 2.29. The zero-order valence-electron chi connectivity index (χ0n) is 11.9. The Bertz CT molecular complexity index is 567. The van der Waals surface area contributed by atoms with Crippen LogP contribution in [0.15, 0.2) is 64.4 Å². The standard InChI is InChI=1S/C18H20OS/c1-14-7-6-9-17(13-14)20-16-8-4-3-5-10-18(19)15(2)11-12-16/h6-9,11-13H,2-5,10H2,1H3/b12-11-,16-8+. The Morgan fingerprint density at radius 2 is 2.05 bits per heavy atom. The van der Waals surface area contributed by atoms with Crippen LogP contribution in [0.25, 0.3) is 0 Å². The van der Waals surface area contributed by atoms with Gasteiger partial charge >= 0.3 is 0 Å². The Hall–Kier alpha value is -1.54. The number of allylic oxidation sites excluding steroid dienone is 4. The van der Waals surface area contributed by atoms with Crippen molar-refractivity contribution in [2.75, 3.05) is 0 Å². The number of ketones is 1. The topological polar surface area (TPSA) is 17.1 Å². The molecule has 1 aliphatic rings. The summed E-state index contributed by atoms with van der Waals surface area (Å²) in [7, 11) is 0. The van der Waals surface area contributed by atoms with E-state index in [1.165, 1.54) is 15.4 Å². The van der Waals surface area contributed by atoms with Crippen LogP contribution in [-0.4, -0.2) is 5.78 Å². The number of benzene rings is 1. The minimum atomic E-state index is 0.169. The third-order valence-corrected chi connectivity index (χ3v) is 4.26. The lowest BCUT2D eigenvalue weighted by atomic mass is 10.0. The molecule has 104 valence electrons. The van der Waals surface area contributed by atoms with Gasteiger partial charge in [0.2, 0.25) is 0 Å². The number of Topliss-reactive ketones (excluding diaryl/α,β-unsaturated/α-hetero) is 1. The number of thioether (sulfide) groups is 1. The molecule has 1 aromatic carbocycles. The van der Waals surface area contributed by atoms with Crippen molar-refractivity contribution in [2.45, 2.75) is 37.5 Å². The van der Waals surface area contributed by atoms with E-state index in [0.717, 1.165) is 19.3 Å². The summed E-state index contributed by atoms with van der Waals surface area (Å²) >= 11 is 1.74. The first-order valence-electron chi connectivity index (χ1n) is 7.00. The maximum Gasteiger partial charge on any atom is 0.162 e. The molecule has 0 N–H and O–H groups in total. The van der Waals surface area contributed by atoms with Crippen LogP contribution < -0.4 is 0 Å². The van der Waals surface area contributed by atoms with Gasteiger partial charge in [-0.2, -0.15) is 0 Å². The lowest BCUT2D eigenvalue weighted by Gasteiger charge is -2.07. The van der Waals surface area contributed by atoms with Crippen molar-refractivity contribution in [1.29, 1.82) is 0 Å². The molecule has 0 radical (unpaired) electrons. The van der Waals surface area contributed by atoms with E-state index in [-0.39, 0.29) is 5.78 Å². The molecule has 0 unspecified atom stereocenters. The molecule has 0 heterocycles. The normalized spacial score (nSPS) is 21.1. The fourth-order valence-corrected chi connectivity index (χ4v) is 3.07. The third-order valence-electron chi connectivity index (χ3n) is 3.24. The monoisotopic (exact) mass is 284 g/mol. The van der Waals surface area contributed by atoms with E-state index in [1.54, 1.807) is 11.8 Å². The minimum absolute atomic E-state index is 0.169. The molecule has 1 aliphatic carbocycles. The van der Waals surface area contributed by atoms with Crippen LogP contribution in [0.5, 0.6) is 0 Å². The summed E-state index contributed by atoms with van der Waals surface area (Å²) in [6, 6.07) is 8.47. The molecule has 0 fully saturated rings. The summed E-state index contributed by atoms with van der Waals surface area (Å²) in [5.41, 5.74) is 1.88. The molecule has 0 saturated heterocycles. The largest absolute Gasteiger partial charge is 0.294 e. The van der Waals surface area contributed by atoms with E-state index in [2.05, 4.69) is 43.8 Å². The highest BCUT2D eigenvalue weighted by atomic mass is 32.2. The number of hydrogen-bond donors (Lipinski definition) is 0. The molecule has 1 nitrogen and oxygen atoms in total. The van der Waals surface area contributed by atoms with Gasteiger partial charge in [-0.1, -0.05) is 48.2 Å². The van der Waals surface area contributed by atoms with Crippen LogP contribution in [0.2, 0.25) is 0 Å².